The maximum Gasteiger partial charge on any atom is 0.328 e. The molecule has 5 nitrogen and oxygen atoms in total. The number of thiazole rings is 1. The lowest BCUT2D eigenvalue weighted by Gasteiger charge is -2.20. The van der Waals surface area contributed by atoms with Crippen LogP contribution in [0.1, 0.15) is 34.9 Å². The number of hydrogen-bond donors (Lipinski definition) is 2. The van der Waals surface area contributed by atoms with Crippen molar-refractivity contribution in [2.24, 2.45) is 0 Å². The lowest BCUT2D eigenvalue weighted by molar-refractivity contribution is -0.143. The van der Waals surface area contributed by atoms with E-state index in [1.54, 1.807) is 5.38 Å². The zero-order valence-electron chi connectivity index (χ0n) is 11.8. The van der Waals surface area contributed by atoms with Crippen molar-refractivity contribution in [3.8, 4) is 0 Å². The molecule has 1 aromatic carbocycles. The molecule has 0 saturated heterocycles. The number of hydrogen-bond acceptors (Lipinski definition) is 4. The third-order valence-corrected chi connectivity index (χ3v) is 3.79. The first kappa shape index (κ1) is 15.2. The van der Waals surface area contributed by atoms with E-state index in [0.29, 0.717) is 6.42 Å². The van der Waals surface area contributed by atoms with Gasteiger partial charge in [-0.3, -0.25) is 4.79 Å². The average Bonchev–Trinajstić information content (AvgIpc) is 2.88. The summed E-state index contributed by atoms with van der Waals surface area (Å²) in [7, 11) is 0. The summed E-state index contributed by atoms with van der Waals surface area (Å²) in [5, 5.41) is 13.9. The predicted octanol–water partition coefficient (Wildman–Crippen LogP) is 2.33. The molecule has 0 spiro atoms. The van der Waals surface area contributed by atoms with Gasteiger partial charge < -0.3 is 10.4 Å². The molecule has 0 aliphatic rings. The molecule has 2 aromatic rings. The monoisotopic (exact) mass is 304 g/mol. The molecular formula is C15H16N2O3S. The summed E-state index contributed by atoms with van der Waals surface area (Å²) in [5.41, 5.74) is 0.0465. The van der Waals surface area contributed by atoms with Gasteiger partial charge in [-0.05, 0) is 19.4 Å². The second-order valence-electron chi connectivity index (χ2n) is 5.17. The van der Waals surface area contributed by atoms with E-state index in [2.05, 4.69) is 10.3 Å². The van der Waals surface area contributed by atoms with E-state index >= 15 is 0 Å². The summed E-state index contributed by atoms with van der Waals surface area (Å²) < 4.78 is 0. The zero-order chi connectivity index (χ0) is 15.5. The summed E-state index contributed by atoms with van der Waals surface area (Å²) in [6.07, 6.45) is 0.654. The fraction of sp³-hybridized carbons (Fsp3) is 0.267. The summed E-state index contributed by atoms with van der Waals surface area (Å²) in [6, 6.07) is 9.83. The minimum absolute atomic E-state index is 0.250. The number of nitrogens with one attached hydrogen (secondary N) is 1. The van der Waals surface area contributed by atoms with Crippen LogP contribution < -0.4 is 5.32 Å². The lowest BCUT2D eigenvalue weighted by Crippen LogP contribution is -2.49. The molecule has 2 N–H and O–H groups in total. The van der Waals surface area contributed by atoms with Crippen LogP contribution in [0.4, 0.5) is 0 Å². The predicted molar refractivity (Wildman–Crippen MR) is 80.5 cm³/mol. The standard InChI is InChI=1S/C15H16N2O3S/c1-15(2,14(19)20)17-13(18)11-9-21-12(16-11)8-10-6-4-3-5-7-10/h3-7,9H,8H2,1-2H3,(H,17,18)(H,19,20). The molecule has 0 unspecified atom stereocenters. The minimum atomic E-state index is -1.32. The molecule has 0 fully saturated rings. The number of amides is 1. The van der Waals surface area contributed by atoms with Gasteiger partial charge in [0.05, 0.1) is 5.01 Å². The molecule has 21 heavy (non-hydrogen) atoms. The highest BCUT2D eigenvalue weighted by atomic mass is 32.1. The van der Waals surface area contributed by atoms with Crippen molar-refractivity contribution >= 4 is 23.2 Å². The lowest BCUT2D eigenvalue weighted by atomic mass is 10.1. The minimum Gasteiger partial charge on any atom is -0.480 e. The van der Waals surface area contributed by atoms with Gasteiger partial charge in [0, 0.05) is 11.8 Å². The van der Waals surface area contributed by atoms with Crippen LogP contribution in [-0.2, 0) is 11.2 Å². The first-order chi connectivity index (χ1) is 9.88. The topological polar surface area (TPSA) is 79.3 Å². The van der Waals surface area contributed by atoms with Crippen molar-refractivity contribution in [3.05, 3.63) is 52.0 Å². The summed E-state index contributed by atoms with van der Waals surface area (Å²) in [6.45, 7) is 2.87. The summed E-state index contributed by atoms with van der Waals surface area (Å²) >= 11 is 1.39. The van der Waals surface area contributed by atoms with Crippen molar-refractivity contribution in [3.63, 3.8) is 0 Å². The molecule has 0 bridgehead atoms. The number of carbonyl (C=O) groups is 2. The molecular weight excluding hydrogens is 288 g/mol. The van der Waals surface area contributed by atoms with E-state index in [4.69, 9.17) is 5.11 Å². The van der Waals surface area contributed by atoms with Crippen LogP contribution >= 0.6 is 11.3 Å². The summed E-state index contributed by atoms with van der Waals surface area (Å²) in [4.78, 5) is 27.3. The number of aromatic nitrogens is 1. The van der Waals surface area contributed by atoms with Crippen molar-refractivity contribution in [2.45, 2.75) is 25.8 Å². The maximum absolute atomic E-state index is 12.0. The zero-order valence-corrected chi connectivity index (χ0v) is 12.6. The van der Waals surface area contributed by atoms with Crippen LogP contribution in [-0.4, -0.2) is 27.5 Å². The Balaban J connectivity index is 2.06. The van der Waals surface area contributed by atoms with Crippen LogP contribution in [0.15, 0.2) is 35.7 Å². The Labute approximate surface area is 126 Å². The Kier molecular flexibility index (Phi) is 4.37. The van der Waals surface area contributed by atoms with Crippen molar-refractivity contribution in [1.29, 1.82) is 0 Å². The molecule has 0 atom stereocenters. The van der Waals surface area contributed by atoms with Crippen LogP contribution in [0, 0.1) is 0 Å². The van der Waals surface area contributed by atoms with E-state index < -0.39 is 17.4 Å². The quantitative estimate of drug-likeness (QED) is 0.888. The molecule has 6 heteroatoms. The Morgan fingerprint density at radius 3 is 2.57 bits per heavy atom. The van der Waals surface area contributed by atoms with Gasteiger partial charge in [0.1, 0.15) is 11.2 Å². The first-order valence-corrected chi connectivity index (χ1v) is 7.31. The molecule has 1 aromatic heterocycles. The van der Waals surface area contributed by atoms with E-state index in [0.717, 1.165) is 10.6 Å². The molecule has 1 heterocycles. The Morgan fingerprint density at radius 2 is 1.95 bits per heavy atom. The number of benzene rings is 1. The largest absolute Gasteiger partial charge is 0.480 e. The van der Waals surface area contributed by atoms with E-state index in [1.807, 2.05) is 30.3 Å². The fourth-order valence-electron chi connectivity index (χ4n) is 1.67. The number of carboxylic acid groups (broad SMARTS) is 1. The second-order valence-corrected chi connectivity index (χ2v) is 6.12. The highest BCUT2D eigenvalue weighted by molar-refractivity contribution is 7.09. The first-order valence-electron chi connectivity index (χ1n) is 6.43. The third-order valence-electron chi connectivity index (χ3n) is 2.94. The van der Waals surface area contributed by atoms with E-state index in [-0.39, 0.29) is 5.69 Å². The van der Waals surface area contributed by atoms with Gasteiger partial charge in [0.15, 0.2) is 0 Å². The van der Waals surface area contributed by atoms with Crippen LogP contribution in [0.2, 0.25) is 0 Å². The normalized spacial score (nSPS) is 11.1. The molecule has 110 valence electrons. The van der Waals surface area contributed by atoms with Crippen LogP contribution in [0.3, 0.4) is 0 Å². The third kappa shape index (κ3) is 3.88. The van der Waals surface area contributed by atoms with Gasteiger partial charge in [-0.25, -0.2) is 9.78 Å². The molecule has 0 saturated carbocycles. The van der Waals surface area contributed by atoms with Crippen LogP contribution in [0.25, 0.3) is 0 Å². The highest BCUT2D eigenvalue weighted by Gasteiger charge is 2.30. The number of aliphatic carboxylic acids is 1. The molecule has 0 radical (unpaired) electrons. The highest BCUT2D eigenvalue weighted by Crippen LogP contribution is 2.15. The van der Waals surface area contributed by atoms with Gasteiger partial charge in [-0.15, -0.1) is 11.3 Å². The number of rotatable bonds is 5. The fourth-order valence-corrected chi connectivity index (χ4v) is 2.48. The smallest absolute Gasteiger partial charge is 0.328 e. The molecule has 0 aliphatic heterocycles. The average molecular weight is 304 g/mol. The Bertz CT molecular complexity index is 650. The van der Waals surface area contributed by atoms with Gasteiger partial charge >= 0.3 is 5.97 Å². The van der Waals surface area contributed by atoms with Gasteiger partial charge in [0.25, 0.3) is 5.91 Å². The SMILES string of the molecule is CC(C)(NC(=O)c1csc(Cc2ccccc2)n1)C(=O)O. The molecule has 2 rings (SSSR count). The van der Waals surface area contributed by atoms with Crippen molar-refractivity contribution < 1.29 is 14.7 Å². The van der Waals surface area contributed by atoms with Gasteiger partial charge in [-0.2, -0.15) is 0 Å². The molecule has 1 amide bonds. The van der Waals surface area contributed by atoms with Crippen molar-refractivity contribution in [1.82, 2.24) is 10.3 Å². The van der Waals surface area contributed by atoms with Crippen LogP contribution in [0.5, 0.6) is 0 Å². The van der Waals surface area contributed by atoms with Gasteiger partial charge in [-0.1, -0.05) is 30.3 Å². The van der Waals surface area contributed by atoms with E-state index in [1.165, 1.54) is 25.2 Å². The maximum atomic E-state index is 12.0. The number of carbonyl (C=O) groups excluding carboxylic acids is 1. The number of nitrogens with zero attached hydrogens (tertiary/aromatic N) is 1. The Morgan fingerprint density at radius 1 is 1.29 bits per heavy atom. The molecule has 0 aliphatic carbocycles. The Hall–Kier alpha value is -2.21. The van der Waals surface area contributed by atoms with Gasteiger partial charge in [0.2, 0.25) is 0 Å². The second kappa shape index (κ2) is 6.05. The number of carboxylic acids is 1. The van der Waals surface area contributed by atoms with E-state index in [9.17, 15) is 9.59 Å². The van der Waals surface area contributed by atoms with Crippen molar-refractivity contribution in [2.75, 3.05) is 0 Å². The summed E-state index contributed by atoms with van der Waals surface area (Å²) in [5.74, 6) is -1.56.